The van der Waals surface area contributed by atoms with Crippen LogP contribution in [0, 0.1) is 17.8 Å². The molecule has 1 aliphatic carbocycles. The number of hydrogen-bond donors (Lipinski definition) is 2. The van der Waals surface area contributed by atoms with Crippen LogP contribution in [0.5, 0.6) is 0 Å². The zero-order valence-corrected chi connectivity index (χ0v) is 14.5. The summed E-state index contributed by atoms with van der Waals surface area (Å²) in [4.78, 5) is 4.16. The molecule has 0 saturated heterocycles. The molecule has 3 N–H and O–H groups in total. The summed E-state index contributed by atoms with van der Waals surface area (Å²) >= 11 is 0. The van der Waals surface area contributed by atoms with Crippen LogP contribution in [0.3, 0.4) is 0 Å². The summed E-state index contributed by atoms with van der Waals surface area (Å²) in [6.45, 7) is 2.18. The Hall–Kier alpha value is -2.88. The number of hydrogen-bond acceptors (Lipinski definition) is 5. The maximum atomic E-state index is 9.73. The molecular formula is C20H20N4O2. The average Bonchev–Trinajstić information content (AvgIpc) is 3.04. The monoisotopic (exact) mass is 348 g/mol. The van der Waals surface area contributed by atoms with Crippen molar-refractivity contribution in [1.29, 1.82) is 0 Å². The number of rotatable bonds is 4. The van der Waals surface area contributed by atoms with Crippen LogP contribution in [0.1, 0.15) is 36.5 Å². The first-order valence-electron chi connectivity index (χ1n) is 8.62. The molecule has 1 saturated carbocycles. The number of imidazole rings is 1. The predicted molar refractivity (Wildman–Crippen MR) is 96.9 cm³/mol. The van der Waals surface area contributed by atoms with Gasteiger partial charge in [0.25, 0.3) is 0 Å². The number of aliphatic hydroxyl groups is 1. The van der Waals surface area contributed by atoms with Gasteiger partial charge >= 0.3 is 0 Å². The van der Waals surface area contributed by atoms with Gasteiger partial charge in [-0.25, -0.2) is 4.98 Å². The van der Waals surface area contributed by atoms with Gasteiger partial charge in [-0.1, -0.05) is 17.0 Å². The van der Waals surface area contributed by atoms with E-state index in [9.17, 15) is 5.11 Å². The lowest BCUT2D eigenvalue weighted by molar-refractivity contribution is 0.184. The van der Waals surface area contributed by atoms with E-state index in [0.717, 1.165) is 23.2 Å². The minimum Gasteiger partial charge on any atom is -0.385 e. The van der Waals surface area contributed by atoms with E-state index < -0.39 is 6.10 Å². The summed E-state index contributed by atoms with van der Waals surface area (Å²) in [6.07, 6.45) is 3.85. The molecule has 0 bridgehead atoms. The van der Waals surface area contributed by atoms with Crippen LogP contribution in [0.4, 0.5) is 0 Å². The van der Waals surface area contributed by atoms with Crippen molar-refractivity contribution >= 4 is 0 Å². The molecule has 6 nitrogen and oxygen atoms in total. The highest BCUT2D eigenvalue weighted by Crippen LogP contribution is 2.27. The minimum absolute atomic E-state index is 0.249. The third-order valence-electron chi connectivity index (χ3n) is 4.42. The lowest BCUT2D eigenvalue weighted by Gasteiger charge is -2.07. The fourth-order valence-electron chi connectivity index (χ4n) is 2.79. The molecule has 2 aromatic heterocycles. The lowest BCUT2D eigenvalue weighted by atomic mass is 10.1. The summed E-state index contributed by atoms with van der Waals surface area (Å²) in [7, 11) is 0. The van der Waals surface area contributed by atoms with E-state index in [1.54, 1.807) is 13.1 Å². The van der Waals surface area contributed by atoms with E-state index in [-0.39, 0.29) is 6.04 Å². The van der Waals surface area contributed by atoms with E-state index in [1.807, 2.05) is 41.1 Å². The van der Waals surface area contributed by atoms with Gasteiger partial charge in [0.15, 0.2) is 5.76 Å². The number of aromatic nitrogens is 3. The van der Waals surface area contributed by atoms with Crippen LogP contribution in [-0.4, -0.2) is 25.9 Å². The predicted octanol–water partition coefficient (Wildman–Crippen LogP) is 2.34. The quantitative estimate of drug-likeness (QED) is 0.706. The van der Waals surface area contributed by atoms with Gasteiger partial charge in [-0.15, -0.1) is 0 Å². The summed E-state index contributed by atoms with van der Waals surface area (Å²) in [6, 6.07) is 10.0. The minimum atomic E-state index is -0.629. The van der Waals surface area contributed by atoms with Crippen LogP contribution >= 0.6 is 0 Å². The molecule has 0 spiro atoms. The van der Waals surface area contributed by atoms with Crippen LogP contribution < -0.4 is 5.73 Å². The largest absolute Gasteiger partial charge is 0.385 e. The van der Waals surface area contributed by atoms with E-state index in [1.165, 1.54) is 0 Å². The SMILES string of the molecule is C[C@H](O)c1nccn1Cc1cc(-c2ccc(C#C[C@@H]3C[C@H]3N)cc2)on1. The lowest BCUT2D eigenvalue weighted by Crippen LogP contribution is -2.07. The summed E-state index contributed by atoms with van der Waals surface area (Å²) in [5.74, 6) is 7.99. The van der Waals surface area contributed by atoms with E-state index >= 15 is 0 Å². The molecular weight excluding hydrogens is 328 g/mol. The fraction of sp³-hybridized carbons (Fsp3) is 0.300. The Morgan fingerprint density at radius 2 is 2.15 bits per heavy atom. The maximum absolute atomic E-state index is 9.73. The molecule has 3 atom stereocenters. The van der Waals surface area contributed by atoms with Gasteiger partial charge in [0.05, 0.1) is 6.54 Å². The molecule has 4 rings (SSSR count). The van der Waals surface area contributed by atoms with Crippen molar-refractivity contribution in [2.45, 2.75) is 32.0 Å². The van der Waals surface area contributed by atoms with Gasteiger partial charge in [-0.2, -0.15) is 0 Å². The molecule has 3 aromatic rings. The van der Waals surface area contributed by atoms with Crippen LogP contribution in [0.2, 0.25) is 0 Å². The van der Waals surface area contributed by atoms with Crippen LogP contribution in [0.15, 0.2) is 47.2 Å². The zero-order valence-electron chi connectivity index (χ0n) is 14.5. The highest BCUT2D eigenvalue weighted by molar-refractivity contribution is 5.59. The number of aliphatic hydroxyl groups excluding tert-OH is 1. The second kappa shape index (κ2) is 6.79. The zero-order chi connectivity index (χ0) is 18.1. The van der Waals surface area contributed by atoms with Crippen LogP contribution in [-0.2, 0) is 6.54 Å². The van der Waals surface area contributed by atoms with Crippen LogP contribution in [0.25, 0.3) is 11.3 Å². The summed E-state index contributed by atoms with van der Waals surface area (Å²) in [5.41, 5.74) is 8.44. The highest BCUT2D eigenvalue weighted by Gasteiger charge is 2.31. The molecule has 26 heavy (non-hydrogen) atoms. The Morgan fingerprint density at radius 1 is 1.38 bits per heavy atom. The molecule has 1 aliphatic rings. The van der Waals surface area contributed by atoms with Crippen molar-refractivity contribution in [3.05, 3.63) is 59.8 Å². The molecule has 0 aliphatic heterocycles. The van der Waals surface area contributed by atoms with Crippen molar-refractivity contribution in [3.8, 4) is 23.2 Å². The van der Waals surface area contributed by atoms with E-state index in [4.69, 9.17) is 10.3 Å². The van der Waals surface area contributed by atoms with E-state index in [0.29, 0.717) is 24.0 Å². The Bertz CT molecular complexity index is 960. The van der Waals surface area contributed by atoms with E-state index in [2.05, 4.69) is 22.0 Å². The average molecular weight is 348 g/mol. The molecule has 0 unspecified atom stereocenters. The van der Waals surface area contributed by atoms with Crippen molar-refractivity contribution in [3.63, 3.8) is 0 Å². The second-order valence-electron chi connectivity index (χ2n) is 6.62. The Kier molecular flexibility index (Phi) is 4.33. The molecule has 0 amide bonds. The maximum Gasteiger partial charge on any atom is 0.167 e. The Labute approximate surface area is 151 Å². The van der Waals surface area contributed by atoms with Gasteiger partial charge in [0.1, 0.15) is 17.6 Å². The highest BCUT2D eigenvalue weighted by atomic mass is 16.5. The van der Waals surface area contributed by atoms with Gasteiger partial charge < -0.3 is 19.9 Å². The van der Waals surface area contributed by atoms with Crippen molar-refractivity contribution < 1.29 is 9.63 Å². The third-order valence-corrected chi connectivity index (χ3v) is 4.42. The topological polar surface area (TPSA) is 90.1 Å². The number of nitrogens with zero attached hydrogens (tertiary/aromatic N) is 3. The molecule has 132 valence electrons. The van der Waals surface area contributed by atoms with Gasteiger partial charge in [0.2, 0.25) is 0 Å². The molecule has 1 aromatic carbocycles. The molecule has 1 fully saturated rings. The first-order valence-corrected chi connectivity index (χ1v) is 8.62. The first-order chi connectivity index (χ1) is 12.6. The summed E-state index contributed by atoms with van der Waals surface area (Å²) in [5, 5.41) is 13.9. The van der Waals surface area contributed by atoms with Gasteiger partial charge in [-0.3, -0.25) is 0 Å². The third kappa shape index (κ3) is 3.54. The summed E-state index contributed by atoms with van der Waals surface area (Å²) < 4.78 is 7.32. The van der Waals surface area contributed by atoms with Gasteiger partial charge in [-0.05, 0) is 37.6 Å². The smallest absolute Gasteiger partial charge is 0.167 e. The standard InChI is InChI=1S/C20H20N4O2/c1-13(25)20-22-8-9-24(20)12-17-11-19(26-23-17)15-5-2-14(3-6-15)4-7-16-10-18(16)21/h2-3,5-6,8-9,11,13,16,18,25H,10,12,21H2,1H3/t13-,16+,18+/m0/s1. The normalized spacial score (nSPS) is 19.7. The molecule has 0 radical (unpaired) electrons. The van der Waals surface area contributed by atoms with Crippen molar-refractivity contribution in [2.24, 2.45) is 11.7 Å². The number of benzene rings is 1. The fourth-order valence-corrected chi connectivity index (χ4v) is 2.79. The van der Waals surface area contributed by atoms with Crippen molar-refractivity contribution in [2.75, 3.05) is 0 Å². The van der Waals surface area contributed by atoms with Gasteiger partial charge in [0, 0.05) is 41.5 Å². The second-order valence-corrected chi connectivity index (χ2v) is 6.62. The molecule has 2 heterocycles. The first kappa shape index (κ1) is 16.6. The Balaban J connectivity index is 1.47. The number of nitrogens with two attached hydrogens (primary N) is 1. The van der Waals surface area contributed by atoms with Crippen molar-refractivity contribution in [1.82, 2.24) is 14.7 Å². The Morgan fingerprint density at radius 3 is 2.85 bits per heavy atom. The molecule has 6 heteroatoms.